The van der Waals surface area contributed by atoms with Crippen molar-refractivity contribution < 1.29 is 31.3 Å². The first-order valence-electron chi connectivity index (χ1n) is 10.2. The number of non-ortho nitro benzene ring substituents is 1. The van der Waals surface area contributed by atoms with Crippen LogP contribution in [0.3, 0.4) is 0 Å². The Balaban J connectivity index is 2.08. The topological polar surface area (TPSA) is 165 Å². The lowest BCUT2D eigenvalue weighted by atomic mass is 10.2. The van der Waals surface area contributed by atoms with Crippen LogP contribution in [-0.4, -0.2) is 58.7 Å². The summed E-state index contributed by atoms with van der Waals surface area (Å²) in [5, 5.41) is 13.2. The highest BCUT2D eigenvalue weighted by Gasteiger charge is 2.23. The van der Waals surface area contributed by atoms with Crippen molar-refractivity contribution in [2.75, 3.05) is 32.1 Å². The first-order chi connectivity index (χ1) is 16.0. The van der Waals surface area contributed by atoms with Gasteiger partial charge in [-0.25, -0.2) is 21.6 Å². The van der Waals surface area contributed by atoms with Gasteiger partial charge in [0.1, 0.15) is 5.75 Å². The van der Waals surface area contributed by atoms with Crippen LogP contribution in [0.4, 0.5) is 11.4 Å². The van der Waals surface area contributed by atoms with E-state index in [2.05, 4.69) is 10.0 Å². The third-order valence-corrected chi connectivity index (χ3v) is 8.31. The van der Waals surface area contributed by atoms with Gasteiger partial charge in [-0.15, -0.1) is 0 Å². The molecule has 12 nitrogen and oxygen atoms in total. The Morgan fingerprint density at radius 3 is 2.15 bits per heavy atom. The summed E-state index contributed by atoms with van der Waals surface area (Å²) < 4.78 is 58.9. The Hall–Kier alpha value is -3.07. The summed E-state index contributed by atoms with van der Waals surface area (Å²) in [7, 11) is -6.39. The van der Waals surface area contributed by atoms with E-state index in [0.717, 1.165) is 24.3 Å². The van der Waals surface area contributed by atoms with Gasteiger partial charge in [0.2, 0.25) is 26.0 Å². The number of ether oxygens (including phenoxy) is 1. The molecule has 2 aromatic carbocycles. The SMILES string of the molecule is CCN(CC)S(=O)(=O)c1ccc(OC)c(NC(=O)CCNS(=O)(=O)c2ccc([N+](=O)[O-])cc2)c1. The highest BCUT2D eigenvalue weighted by molar-refractivity contribution is 7.89. The zero-order chi connectivity index (χ0) is 25.5. The number of methoxy groups -OCH3 is 1. The molecule has 2 rings (SSSR count). The van der Waals surface area contributed by atoms with Gasteiger partial charge < -0.3 is 10.1 Å². The number of nitrogens with one attached hydrogen (secondary N) is 2. The standard InChI is InChI=1S/C20H26N4O8S2/c1-4-23(5-2)34(30,31)17-10-11-19(32-3)18(14-17)22-20(25)12-13-21-33(28,29)16-8-6-15(7-9-16)24(26)27/h6-11,14,21H,4-5,12-13H2,1-3H3,(H,22,25). The summed E-state index contributed by atoms with van der Waals surface area (Å²) in [5.41, 5.74) is -0.128. The van der Waals surface area contributed by atoms with Crippen molar-refractivity contribution in [1.29, 1.82) is 0 Å². The quantitative estimate of drug-likeness (QED) is 0.320. The van der Waals surface area contributed by atoms with E-state index >= 15 is 0 Å². The summed E-state index contributed by atoms with van der Waals surface area (Å²) in [5.74, 6) is -0.347. The van der Waals surface area contributed by atoms with E-state index in [1.54, 1.807) is 13.8 Å². The first kappa shape index (κ1) is 27.2. The van der Waals surface area contributed by atoms with Crippen molar-refractivity contribution in [3.05, 3.63) is 52.6 Å². The largest absolute Gasteiger partial charge is 0.495 e. The number of nitro benzene ring substituents is 1. The van der Waals surface area contributed by atoms with E-state index in [9.17, 15) is 31.7 Å². The summed E-state index contributed by atoms with van der Waals surface area (Å²) in [4.78, 5) is 22.2. The van der Waals surface area contributed by atoms with Crippen LogP contribution in [0.25, 0.3) is 0 Å². The van der Waals surface area contributed by atoms with E-state index in [-0.39, 0.29) is 53.0 Å². The van der Waals surface area contributed by atoms with Crippen molar-refractivity contribution in [3.8, 4) is 5.75 Å². The smallest absolute Gasteiger partial charge is 0.269 e. The number of amides is 1. The molecule has 34 heavy (non-hydrogen) atoms. The molecule has 0 radical (unpaired) electrons. The molecular formula is C20H26N4O8S2. The second-order valence-electron chi connectivity index (χ2n) is 6.90. The molecule has 2 aromatic rings. The maximum Gasteiger partial charge on any atom is 0.269 e. The van der Waals surface area contributed by atoms with Crippen LogP contribution in [-0.2, 0) is 24.8 Å². The van der Waals surface area contributed by atoms with Crippen LogP contribution in [0.2, 0.25) is 0 Å². The van der Waals surface area contributed by atoms with Crippen LogP contribution in [0.15, 0.2) is 52.3 Å². The predicted molar refractivity (Wildman–Crippen MR) is 125 cm³/mol. The van der Waals surface area contributed by atoms with Crippen molar-refractivity contribution in [3.63, 3.8) is 0 Å². The molecule has 0 aliphatic heterocycles. The molecule has 0 bridgehead atoms. The second kappa shape index (κ2) is 11.4. The Kier molecular flexibility index (Phi) is 9.09. The third-order valence-electron chi connectivity index (χ3n) is 4.79. The Morgan fingerprint density at radius 1 is 1.03 bits per heavy atom. The molecule has 2 N–H and O–H groups in total. The summed E-state index contributed by atoms with van der Waals surface area (Å²) >= 11 is 0. The van der Waals surface area contributed by atoms with E-state index in [4.69, 9.17) is 4.74 Å². The molecule has 0 aliphatic carbocycles. The predicted octanol–water partition coefficient (Wildman–Crippen LogP) is 1.94. The fraction of sp³-hybridized carbons (Fsp3) is 0.350. The lowest BCUT2D eigenvalue weighted by Crippen LogP contribution is -2.30. The number of rotatable bonds is 12. The number of anilines is 1. The number of carbonyl (C=O) groups excluding carboxylic acids is 1. The molecule has 0 atom stereocenters. The number of hydrogen-bond acceptors (Lipinski definition) is 8. The minimum absolute atomic E-state index is 0.0221. The molecule has 0 fully saturated rings. The zero-order valence-electron chi connectivity index (χ0n) is 18.8. The highest BCUT2D eigenvalue weighted by atomic mass is 32.2. The van der Waals surface area contributed by atoms with Gasteiger partial charge in [0, 0.05) is 38.2 Å². The molecule has 1 amide bonds. The van der Waals surface area contributed by atoms with Crippen LogP contribution >= 0.6 is 0 Å². The molecule has 14 heteroatoms. The molecule has 186 valence electrons. The Bertz CT molecular complexity index is 1240. The van der Waals surface area contributed by atoms with Gasteiger partial charge in [0.25, 0.3) is 5.69 Å². The van der Waals surface area contributed by atoms with E-state index in [1.807, 2.05) is 0 Å². The summed E-state index contributed by atoms with van der Waals surface area (Å²) in [6.45, 7) is 3.73. The first-order valence-corrected chi connectivity index (χ1v) is 13.1. The van der Waals surface area contributed by atoms with Gasteiger partial charge in [-0.05, 0) is 30.3 Å². The van der Waals surface area contributed by atoms with Gasteiger partial charge in [0.15, 0.2) is 0 Å². The van der Waals surface area contributed by atoms with Gasteiger partial charge in [-0.1, -0.05) is 13.8 Å². The maximum absolute atomic E-state index is 12.8. The number of benzene rings is 2. The molecule has 0 unspecified atom stereocenters. The minimum atomic E-state index is -3.99. The van der Waals surface area contributed by atoms with E-state index in [1.165, 1.54) is 29.6 Å². The highest BCUT2D eigenvalue weighted by Crippen LogP contribution is 2.29. The normalized spacial score (nSPS) is 11.9. The van der Waals surface area contributed by atoms with Crippen LogP contribution in [0.5, 0.6) is 5.75 Å². The molecule has 0 heterocycles. The molecular weight excluding hydrogens is 488 g/mol. The molecule has 0 saturated heterocycles. The van der Waals surface area contributed by atoms with Crippen molar-refractivity contribution in [2.24, 2.45) is 0 Å². The lowest BCUT2D eigenvalue weighted by Gasteiger charge is -2.19. The minimum Gasteiger partial charge on any atom is -0.495 e. The zero-order valence-corrected chi connectivity index (χ0v) is 20.5. The monoisotopic (exact) mass is 514 g/mol. The van der Waals surface area contributed by atoms with Crippen molar-refractivity contribution in [2.45, 2.75) is 30.1 Å². The average Bonchev–Trinajstić information content (AvgIpc) is 2.79. The molecule has 0 aromatic heterocycles. The van der Waals surface area contributed by atoms with Gasteiger partial charge in [0.05, 0.1) is 27.5 Å². The van der Waals surface area contributed by atoms with Gasteiger partial charge in [-0.2, -0.15) is 4.31 Å². The third kappa shape index (κ3) is 6.50. The lowest BCUT2D eigenvalue weighted by molar-refractivity contribution is -0.384. The van der Waals surface area contributed by atoms with Gasteiger partial charge in [-0.3, -0.25) is 14.9 Å². The number of sulfonamides is 2. The van der Waals surface area contributed by atoms with Crippen LogP contribution in [0, 0.1) is 10.1 Å². The number of hydrogen-bond donors (Lipinski definition) is 2. The van der Waals surface area contributed by atoms with Crippen LogP contribution < -0.4 is 14.8 Å². The second-order valence-corrected chi connectivity index (χ2v) is 10.6. The fourth-order valence-corrected chi connectivity index (χ4v) is 5.52. The van der Waals surface area contributed by atoms with E-state index in [0.29, 0.717) is 0 Å². The van der Waals surface area contributed by atoms with E-state index < -0.39 is 30.9 Å². The molecule has 0 spiro atoms. The number of nitrogens with zero attached hydrogens (tertiary/aromatic N) is 2. The number of nitro groups is 1. The molecule has 0 saturated carbocycles. The maximum atomic E-state index is 12.8. The van der Waals surface area contributed by atoms with Crippen LogP contribution in [0.1, 0.15) is 20.3 Å². The average molecular weight is 515 g/mol. The van der Waals surface area contributed by atoms with Crippen molar-refractivity contribution in [1.82, 2.24) is 9.03 Å². The number of carbonyl (C=O) groups is 1. The van der Waals surface area contributed by atoms with Crippen molar-refractivity contribution >= 4 is 37.3 Å². The van der Waals surface area contributed by atoms with Gasteiger partial charge >= 0.3 is 0 Å². The summed E-state index contributed by atoms with van der Waals surface area (Å²) in [6, 6.07) is 8.38. The molecule has 0 aliphatic rings. The Morgan fingerprint density at radius 2 is 1.62 bits per heavy atom. The fourth-order valence-electron chi connectivity index (χ4n) is 3.00. The summed E-state index contributed by atoms with van der Waals surface area (Å²) in [6.07, 6.45) is -0.262. The Labute approximate surface area is 198 Å².